The second-order valence-electron chi connectivity index (χ2n) is 13.5. The van der Waals surface area contributed by atoms with Gasteiger partial charge in [-0.3, -0.25) is 14.1 Å². The van der Waals surface area contributed by atoms with E-state index in [1.807, 2.05) is 87.2 Å². The van der Waals surface area contributed by atoms with E-state index >= 15 is 0 Å². The van der Waals surface area contributed by atoms with E-state index in [0.29, 0.717) is 29.8 Å². The highest BCUT2D eigenvalue weighted by Crippen LogP contribution is 2.39. The number of carbonyl (C=O) groups is 2. The van der Waals surface area contributed by atoms with Gasteiger partial charge in [0.05, 0.1) is 17.8 Å². The van der Waals surface area contributed by atoms with Gasteiger partial charge in [-0.05, 0) is 93.2 Å². The standard InChI is InChI=1S/C34H40F3N7O3/c1-32(2,3)20-16-21(38-30(45)34(35,36)37)18-22(17-20)39-31(46)40-26-13-14-27(25-11-9-8-10-24(25)26)47-23-12-15-28-41-42-29(44(28)19-23)33(4,5)43(6)7/h8-12,15-19,26-27H,13-14H2,1-7H3,(H,38,45)(H2,39,40,46)/t26-,27+/m0/s1. The van der Waals surface area contributed by atoms with Crippen LogP contribution in [0.25, 0.3) is 5.65 Å². The maximum atomic E-state index is 13.2. The van der Waals surface area contributed by atoms with Crippen molar-refractivity contribution in [2.75, 3.05) is 24.7 Å². The van der Waals surface area contributed by atoms with Gasteiger partial charge < -0.3 is 20.7 Å². The predicted octanol–water partition coefficient (Wildman–Crippen LogP) is 7.10. The molecule has 2 heterocycles. The van der Waals surface area contributed by atoms with E-state index < -0.39 is 23.5 Å². The molecule has 3 N–H and O–H groups in total. The smallest absolute Gasteiger partial charge is 0.471 e. The Morgan fingerprint density at radius 3 is 2.19 bits per heavy atom. The van der Waals surface area contributed by atoms with Crippen LogP contribution in [0.5, 0.6) is 5.75 Å². The molecule has 0 saturated heterocycles. The third kappa shape index (κ3) is 7.35. The summed E-state index contributed by atoms with van der Waals surface area (Å²) in [6.07, 6.45) is -2.22. The van der Waals surface area contributed by atoms with Gasteiger partial charge in [0.2, 0.25) is 0 Å². The molecular formula is C34H40F3N7O3. The third-order valence-electron chi connectivity index (χ3n) is 8.63. The first kappa shape index (κ1) is 33.7. The van der Waals surface area contributed by atoms with Gasteiger partial charge in [-0.2, -0.15) is 13.2 Å². The van der Waals surface area contributed by atoms with Crippen molar-refractivity contribution in [3.8, 4) is 5.75 Å². The van der Waals surface area contributed by atoms with E-state index in [2.05, 4.69) is 39.6 Å². The molecule has 0 spiro atoms. The number of urea groups is 1. The van der Waals surface area contributed by atoms with Gasteiger partial charge in [-0.1, -0.05) is 45.0 Å². The average Bonchev–Trinajstić information content (AvgIpc) is 3.41. The average molecular weight is 652 g/mol. The van der Waals surface area contributed by atoms with E-state index in [-0.39, 0.29) is 29.1 Å². The summed E-state index contributed by atoms with van der Waals surface area (Å²) in [6, 6.07) is 15.1. The highest BCUT2D eigenvalue weighted by atomic mass is 19.4. The van der Waals surface area contributed by atoms with Gasteiger partial charge in [-0.15, -0.1) is 10.2 Å². The number of aromatic nitrogens is 3. The molecule has 2 aromatic heterocycles. The normalized spacial score (nSPS) is 16.9. The molecule has 0 fully saturated rings. The number of anilines is 2. The molecule has 13 heteroatoms. The van der Waals surface area contributed by atoms with Gasteiger partial charge >= 0.3 is 18.1 Å². The van der Waals surface area contributed by atoms with Crippen LogP contribution in [0.3, 0.4) is 0 Å². The summed E-state index contributed by atoms with van der Waals surface area (Å²) in [4.78, 5) is 26.9. The summed E-state index contributed by atoms with van der Waals surface area (Å²) in [7, 11) is 3.98. The van der Waals surface area contributed by atoms with Crippen molar-refractivity contribution >= 4 is 29.0 Å². The number of alkyl halides is 3. The molecule has 250 valence electrons. The largest absolute Gasteiger partial charge is 0.484 e. The minimum Gasteiger partial charge on any atom is -0.484 e. The zero-order valence-electron chi connectivity index (χ0n) is 27.5. The minimum atomic E-state index is -5.05. The minimum absolute atomic E-state index is 0.0693. The van der Waals surface area contributed by atoms with Gasteiger partial charge in [0.25, 0.3) is 0 Å². The SMILES string of the molecule is CN(C)C(C)(C)c1nnc2ccc(O[C@@H]3CC[C@H](NC(=O)Nc4cc(NC(=O)C(F)(F)F)cc(C(C)(C)C)c4)c4ccccc43)cn12. The van der Waals surface area contributed by atoms with Crippen LogP contribution in [0, 0.1) is 0 Å². The van der Waals surface area contributed by atoms with Crippen molar-refractivity contribution < 1.29 is 27.5 Å². The molecule has 0 saturated carbocycles. The topological polar surface area (TPSA) is 113 Å². The van der Waals surface area contributed by atoms with Crippen molar-refractivity contribution in [1.29, 1.82) is 0 Å². The van der Waals surface area contributed by atoms with Crippen LogP contribution >= 0.6 is 0 Å². The number of benzene rings is 2. The third-order valence-corrected chi connectivity index (χ3v) is 8.63. The molecule has 5 rings (SSSR count). The van der Waals surface area contributed by atoms with Gasteiger partial charge in [0.1, 0.15) is 11.9 Å². The molecule has 10 nitrogen and oxygen atoms in total. The fraction of sp³-hybridized carbons (Fsp3) is 0.412. The quantitative estimate of drug-likeness (QED) is 0.197. The van der Waals surface area contributed by atoms with Gasteiger partial charge in [0, 0.05) is 11.4 Å². The summed E-state index contributed by atoms with van der Waals surface area (Å²) in [5.41, 5.74) is 2.53. The van der Waals surface area contributed by atoms with Crippen molar-refractivity contribution in [3.63, 3.8) is 0 Å². The zero-order valence-corrected chi connectivity index (χ0v) is 27.5. The summed E-state index contributed by atoms with van der Waals surface area (Å²) < 4.78 is 47.3. The van der Waals surface area contributed by atoms with E-state index in [1.165, 1.54) is 12.1 Å². The van der Waals surface area contributed by atoms with Crippen molar-refractivity contribution in [3.05, 3.63) is 83.3 Å². The van der Waals surface area contributed by atoms with E-state index in [9.17, 15) is 22.8 Å². The Kier molecular flexibility index (Phi) is 8.97. The summed E-state index contributed by atoms with van der Waals surface area (Å²) >= 11 is 0. The number of hydrogen-bond donors (Lipinski definition) is 3. The molecule has 4 aromatic rings. The Labute approximate surface area is 271 Å². The van der Waals surface area contributed by atoms with E-state index in [0.717, 1.165) is 17.0 Å². The first-order valence-corrected chi connectivity index (χ1v) is 15.3. The Bertz CT molecular complexity index is 1790. The lowest BCUT2D eigenvalue weighted by atomic mass is 9.85. The van der Waals surface area contributed by atoms with Crippen LogP contribution < -0.4 is 20.7 Å². The first-order valence-electron chi connectivity index (χ1n) is 15.3. The van der Waals surface area contributed by atoms with Crippen molar-refractivity contribution in [1.82, 2.24) is 24.8 Å². The maximum absolute atomic E-state index is 13.2. The molecule has 1 aliphatic rings. The number of carbonyl (C=O) groups excluding carboxylic acids is 2. The molecular weight excluding hydrogens is 611 g/mol. The van der Waals surface area contributed by atoms with Crippen LogP contribution in [0.1, 0.15) is 82.1 Å². The van der Waals surface area contributed by atoms with E-state index in [1.54, 1.807) is 6.07 Å². The number of amides is 3. The number of fused-ring (bicyclic) bond motifs is 2. The second kappa shape index (κ2) is 12.5. The Hall–Kier alpha value is -4.65. The maximum Gasteiger partial charge on any atom is 0.471 e. The van der Waals surface area contributed by atoms with Gasteiger partial charge in [0.15, 0.2) is 11.5 Å². The molecule has 3 amide bonds. The van der Waals surface area contributed by atoms with Crippen molar-refractivity contribution in [2.24, 2.45) is 0 Å². The van der Waals surface area contributed by atoms with Crippen LogP contribution in [0.15, 0.2) is 60.8 Å². The number of halogens is 3. The molecule has 0 unspecified atom stereocenters. The van der Waals surface area contributed by atoms with Crippen molar-refractivity contribution in [2.45, 2.75) is 76.7 Å². The lowest BCUT2D eigenvalue weighted by Crippen LogP contribution is -2.37. The Balaban J connectivity index is 1.33. The number of nitrogens with zero attached hydrogens (tertiary/aromatic N) is 4. The molecule has 0 aliphatic heterocycles. The fourth-order valence-electron chi connectivity index (χ4n) is 5.48. The zero-order chi connectivity index (χ0) is 34.3. The number of hydrogen-bond acceptors (Lipinski definition) is 6. The highest BCUT2D eigenvalue weighted by Gasteiger charge is 2.39. The van der Waals surface area contributed by atoms with Crippen LogP contribution in [-0.4, -0.2) is 51.7 Å². The summed E-state index contributed by atoms with van der Waals surface area (Å²) in [6.45, 7) is 9.79. The molecule has 0 bridgehead atoms. The summed E-state index contributed by atoms with van der Waals surface area (Å²) in [5, 5.41) is 16.4. The van der Waals surface area contributed by atoms with Gasteiger partial charge in [-0.25, -0.2) is 4.79 Å². The highest BCUT2D eigenvalue weighted by molar-refractivity contribution is 5.96. The molecule has 2 aromatic carbocycles. The molecule has 2 atom stereocenters. The fourth-order valence-corrected chi connectivity index (χ4v) is 5.48. The lowest BCUT2D eigenvalue weighted by Gasteiger charge is -2.32. The monoisotopic (exact) mass is 651 g/mol. The number of rotatable bonds is 7. The van der Waals surface area contributed by atoms with Crippen LogP contribution in [-0.2, 0) is 15.7 Å². The Morgan fingerprint density at radius 2 is 1.55 bits per heavy atom. The molecule has 47 heavy (non-hydrogen) atoms. The van der Waals surface area contributed by atoms with E-state index in [4.69, 9.17) is 4.74 Å². The number of ether oxygens (including phenoxy) is 1. The predicted molar refractivity (Wildman–Crippen MR) is 173 cm³/mol. The molecule has 0 radical (unpaired) electrons. The Morgan fingerprint density at radius 1 is 0.894 bits per heavy atom. The number of pyridine rings is 1. The molecule has 1 aliphatic carbocycles. The van der Waals surface area contributed by atoms with Crippen LogP contribution in [0.2, 0.25) is 0 Å². The number of nitrogens with one attached hydrogen (secondary N) is 3. The second-order valence-corrected chi connectivity index (χ2v) is 13.5. The first-order chi connectivity index (χ1) is 21.9. The lowest BCUT2D eigenvalue weighted by molar-refractivity contribution is -0.167. The van der Waals surface area contributed by atoms with Crippen LogP contribution in [0.4, 0.5) is 29.3 Å². The summed E-state index contributed by atoms with van der Waals surface area (Å²) in [5.74, 6) is -0.650.